The van der Waals surface area contributed by atoms with Gasteiger partial charge in [0.2, 0.25) is 10.0 Å². The zero-order valence-corrected chi connectivity index (χ0v) is 18.1. The molecule has 2 heterocycles. The molecule has 4 rings (SSSR count). The molecule has 0 saturated carbocycles. The second-order valence-corrected chi connectivity index (χ2v) is 9.86. The molecule has 0 bridgehead atoms. The van der Waals surface area contributed by atoms with Crippen molar-refractivity contribution >= 4 is 54.2 Å². The number of carbonyl (C=O) groups excluding carboxylic acids is 1. The number of nitrogens with one attached hydrogen (secondary N) is 1. The predicted molar refractivity (Wildman–Crippen MR) is 115 cm³/mol. The van der Waals surface area contributed by atoms with E-state index in [1.54, 1.807) is 36.4 Å². The number of thiazole rings is 1. The normalized spacial score (nSPS) is 15.2. The minimum Gasteiger partial charge on any atom is -0.484 e. The molecule has 30 heavy (non-hydrogen) atoms. The van der Waals surface area contributed by atoms with Crippen molar-refractivity contribution in [2.45, 2.75) is 4.90 Å². The molecule has 0 aliphatic carbocycles. The molecule has 0 radical (unpaired) electrons. The molecule has 0 atom stereocenters. The standard InChI is InChI=1S/C19H18ClN3O5S2/c20-13-1-3-14(4-2-13)28-12-18(24)22-19-21-16-6-5-15(11-17(16)29-19)30(25,26)23-7-9-27-10-8-23/h1-6,11H,7-10,12H2,(H,21,22,24). The lowest BCUT2D eigenvalue weighted by Gasteiger charge is -2.25. The van der Waals surface area contributed by atoms with Crippen LogP contribution in [0.15, 0.2) is 47.4 Å². The van der Waals surface area contributed by atoms with Crippen LogP contribution in [-0.4, -0.2) is 56.5 Å². The van der Waals surface area contributed by atoms with Crippen LogP contribution in [0.25, 0.3) is 10.2 Å². The van der Waals surface area contributed by atoms with Crippen LogP contribution < -0.4 is 10.1 Å². The van der Waals surface area contributed by atoms with E-state index in [0.717, 1.165) is 0 Å². The number of morpholine rings is 1. The molecular weight excluding hydrogens is 450 g/mol. The van der Waals surface area contributed by atoms with Crippen LogP contribution >= 0.6 is 22.9 Å². The monoisotopic (exact) mass is 467 g/mol. The molecule has 8 nitrogen and oxygen atoms in total. The first-order chi connectivity index (χ1) is 14.4. The summed E-state index contributed by atoms with van der Waals surface area (Å²) >= 11 is 7.02. The maximum Gasteiger partial charge on any atom is 0.264 e. The summed E-state index contributed by atoms with van der Waals surface area (Å²) in [6.45, 7) is 1.25. The van der Waals surface area contributed by atoms with Crippen LogP contribution in [0.2, 0.25) is 5.02 Å². The Bertz CT molecular complexity index is 1160. The zero-order chi connectivity index (χ0) is 21.1. The predicted octanol–water partition coefficient (Wildman–Crippen LogP) is 2.99. The summed E-state index contributed by atoms with van der Waals surface area (Å²) in [5.41, 5.74) is 0.606. The van der Waals surface area contributed by atoms with E-state index in [4.69, 9.17) is 21.1 Å². The van der Waals surface area contributed by atoms with Gasteiger partial charge in [-0.1, -0.05) is 22.9 Å². The summed E-state index contributed by atoms with van der Waals surface area (Å²) in [4.78, 5) is 16.7. The van der Waals surface area contributed by atoms with Gasteiger partial charge in [-0.3, -0.25) is 10.1 Å². The van der Waals surface area contributed by atoms with Gasteiger partial charge >= 0.3 is 0 Å². The molecule has 0 spiro atoms. The Morgan fingerprint density at radius 2 is 1.93 bits per heavy atom. The molecule has 1 aromatic heterocycles. The Kier molecular flexibility index (Phi) is 6.21. The van der Waals surface area contributed by atoms with Crippen LogP contribution in [-0.2, 0) is 19.6 Å². The SMILES string of the molecule is O=C(COc1ccc(Cl)cc1)Nc1nc2ccc(S(=O)(=O)N3CCOCC3)cc2s1. The number of anilines is 1. The first kappa shape index (κ1) is 21.0. The maximum absolute atomic E-state index is 12.8. The first-order valence-electron chi connectivity index (χ1n) is 9.08. The minimum absolute atomic E-state index is 0.186. The van der Waals surface area contributed by atoms with Gasteiger partial charge in [-0.15, -0.1) is 0 Å². The van der Waals surface area contributed by atoms with Crippen molar-refractivity contribution in [2.24, 2.45) is 0 Å². The molecule has 158 valence electrons. The smallest absolute Gasteiger partial charge is 0.264 e. The number of ether oxygens (including phenoxy) is 2. The van der Waals surface area contributed by atoms with Gasteiger partial charge in [0, 0.05) is 18.1 Å². The van der Waals surface area contributed by atoms with E-state index >= 15 is 0 Å². The van der Waals surface area contributed by atoms with Crippen molar-refractivity contribution in [2.75, 3.05) is 38.2 Å². The molecule has 0 unspecified atom stereocenters. The van der Waals surface area contributed by atoms with E-state index in [-0.39, 0.29) is 17.4 Å². The highest BCUT2D eigenvalue weighted by molar-refractivity contribution is 7.89. The number of sulfonamides is 1. The van der Waals surface area contributed by atoms with Crippen molar-refractivity contribution in [1.29, 1.82) is 0 Å². The molecule has 1 fully saturated rings. The van der Waals surface area contributed by atoms with Gasteiger partial charge < -0.3 is 9.47 Å². The third-order valence-electron chi connectivity index (χ3n) is 4.40. The lowest BCUT2D eigenvalue weighted by atomic mass is 10.3. The average Bonchev–Trinajstić information content (AvgIpc) is 3.15. The zero-order valence-electron chi connectivity index (χ0n) is 15.7. The van der Waals surface area contributed by atoms with Crippen molar-refractivity contribution in [3.63, 3.8) is 0 Å². The van der Waals surface area contributed by atoms with E-state index in [2.05, 4.69) is 10.3 Å². The van der Waals surface area contributed by atoms with E-state index < -0.39 is 10.0 Å². The fourth-order valence-corrected chi connectivity index (χ4v) is 5.45. The van der Waals surface area contributed by atoms with Crippen LogP contribution in [0.3, 0.4) is 0 Å². The summed E-state index contributed by atoms with van der Waals surface area (Å²) in [6.07, 6.45) is 0. The Morgan fingerprint density at radius 1 is 1.20 bits per heavy atom. The second-order valence-electron chi connectivity index (χ2n) is 6.46. The molecule has 1 aliphatic rings. The Balaban J connectivity index is 1.44. The third kappa shape index (κ3) is 4.73. The number of halogens is 1. The van der Waals surface area contributed by atoms with Gasteiger partial charge in [0.25, 0.3) is 5.91 Å². The number of aromatic nitrogens is 1. The molecule has 3 aromatic rings. The van der Waals surface area contributed by atoms with Crippen LogP contribution in [0.5, 0.6) is 5.75 Å². The Hall–Kier alpha value is -2.24. The Labute approximate surface area is 182 Å². The van der Waals surface area contributed by atoms with Gasteiger partial charge in [0.05, 0.1) is 28.3 Å². The lowest BCUT2D eigenvalue weighted by Crippen LogP contribution is -2.40. The van der Waals surface area contributed by atoms with Gasteiger partial charge in [0.1, 0.15) is 5.75 Å². The number of carbonyl (C=O) groups is 1. The topological polar surface area (TPSA) is 97.8 Å². The number of hydrogen-bond donors (Lipinski definition) is 1. The fraction of sp³-hybridized carbons (Fsp3) is 0.263. The number of hydrogen-bond acceptors (Lipinski definition) is 7. The molecule has 1 amide bonds. The van der Waals surface area contributed by atoms with Crippen molar-refractivity contribution < 1.29 is 22.7 Å². The van der Waals surface area contributed by atoms with E-state index in [9.17, 15) is 13.2 Å². The minimum atomic E-state index is -3.59. The van der Waals surface area contributed by atoms with Gasteiger partial charge in [-0.05, 0) is 42.5 Å². The highest BCUT2D eigenvalue weighted by Crippen LogP contribution is 2.29. The van der Waals surface area contributed by atoms with Crippen LogP contribution in [0, 0.1) is 0 Å². The Morgan fingerprint density at radius 3 is 2.67 bits per heavy atom. The lowest BCUT2D eigenvalue weighted by molar-refractivity contribution is -0.118. The van der Waals surface area contributed by atoms with Crippen LogP contribution in [0.1, 0.15) is 0 Å². The van der Waals surface area contributed by atoms with Crippen molar-refractivity contribution in [3.05, 3.63) is 47.5 Å². The van der Waals surface area contributed by atoms with Crippen LogP contribution in [0.4, 0.5) is 5.13 Å². The quantitative estimate of drug-likeness (QED) is 0.598. The van der Waals surface area contributed by atoms with Gasteiger partial charge in [0.15, 0.2) is 11.7 Å². The summed E-state index contributed by atoms with van der Waals surface area (Å²) in [5, 5.41) is 3.63. The van der Waals surface area contributed by atoms with Gasteiger partial charge in [-0.25, -0.2) is 13.4 Å². The number of rotatable bonds is 6. The number of nitrogens with zero attached hydrogens (tertiary/aromatic N) is 2. The van der Waals surface area contributed by atoms with Crippen molar-refractivity contribution in [1.82, 2.24) is 9.29 Å². The molecular formula is C19H18ClN3O5S2. The molecule has 1 aliphatic heterocycles. The third-order valence-corrected chi connectivity index (χ3v) is 7.48. The van der Waals surface area contributed by atoms with E-state index in [1.165, 1.54) is 21.7 Å². The summed E-state index contributed by atoms with van der Waals surface area (Å²) in [7, 11) is -3.59. The maximum atomic E-state index is 12.8. The van der Waals surface area contributed by atoms with E-state index in [1.807, 2.05) is 0 Å². The second kappa shape index (κ2) is 8.86. The summed E-state index contributed by atoms with van der Waals surface area (Å²) in [6, 6.07) is 11.4. The van der Waals surface area contributed by atoms with E-state index in [0.29, 0.717) is 52.4 Å². The van der Waals surface area contributed by atoms with Crippen molar-refractivity contribution in [3.8, 4) is 5.75 Å². The molecule has 2 aromatic carbocycles. The molecule has 1 saturated heterocycles. The number of fused-ring (bicyclic) bond motifs is 1. The first-order valence-corrected chi connectivity index (χ1v) is 11.7. The highest BCUT2D eigenvalue weighted by atomic mass is 35.5. The fourth-order valence-electron chi connectivity index (χ4n) is 2.89. The average molecular weight is 468 g/mol. The van der Waals surface area contributed by atoms with Gasteiger partial charge in [-0.2, -0.15) is 4.31 Å². The highest BCUT2D eigenvalue weighted by Gasteiger charge is 2.26. The summed E-state index contributed by atoms with van der Waals surface area (Å²) in [5.74, 6) is 0.155. The molecule has 1 N–H and O–H groups in total. The largest absolute Gasteiger partial charge is 0.484 e. The molecule has 11 heteroatoms. The summed E-state index contributed by atoms with van der Waals surface area (Å²) < 4.78 is 38.3. The number of benzene rings is 2. The number of amides is 1.